The van der Waals surface area contributed by atoms with Gasteiger partial charge in [0.15, 0.2) is 0 Å². The molecule has 0 unspecified atom stereocenters. The Morgan fingerprint density at radius 3 is 2.50 bits per heavy atom. The molecule has 1 aromatic carbocycles. The van der Waals surface area contributed by atoms with Crippen molar-refractivity contribution in [2.24, 2.45) is 5.73 Å². The number of ether oxygens (including phenoxy) is 1. The molecule has 0 amide bonds. The molecular weight excluding hydrogens is 246 g/mol. The third-order valence-electron chi connectivity index (χ3n) is 2.12. The first-order chi connectivity index (χ1) is 8.38. The first-order valence-corrected chi connectivity index (χ1v) is 7.14. The molecule has 1 atom stereocenters. The monoisotopic (exact) mass is 267 g/mol. The van der Waals surface area contributed by atoms with E-state index in [4.69, 9.17) is 10.5 Å². The molecule has 100 valence electrons. The number of nitrogens with two attached hydrogens (primary N) is 1. The molecule has 0 aromatic heterocycles. The van der Waals surface area contributed by atoms with Crippen molar-refractivity contribution in [3.05, 3.63) is 35.9 Å². The van der Waals surface area contributed by atoms with E-state index in [2.05, 4.69) is 12.1 Å². The van der Waals surface area contributed by atoms with E-state index in [9.17, 15) is 4.79 Å². The van der Waals surface area contributed by atoms with E-state index in [1.807, 2.05) is 39.0 Å². The first kappa shape index (κ1) is 15.1. The summed E-state index contributed by atoms with van der Waals surface area (Å²) in [7, 11) is 0. The Balaban J connectivity index is 2.29. The van der Waals surface area contributed by atoms with Crippen LogP contribution in [0.25, 0.3) is 0 Å². The quantitative estimate of drug-likeness (QED) is 0.833. The van der Waals surface area contributed by atoms with E-state index >= 15 is 0 Å². The Hall–Kier alpha value is -1.00. The molecule has 0 heterocycles. The number of carbonyl (C=O) groups is 1. The van der Waals surface area contributed by atoms with E-state index in [1.165, 1.54) is 5.56 Å². The molecule has 0 aliphatic rings. The molecule has 3 nitrogen and oxygen atoms in total. The number of carbonyl (C=O) groups excluding carboxylic acids is 1. The summed E-state index contributed by atoms with van der Waals surface area (Å²) in [4.78, 5) is 11.6. The van der Waals surface area contributed by atoms with Crippen LogP contribution in [0.1, 0.15) is 26.3 Å². The average molecular weight is 267 g/mol. The van der Waals surface area contributed by atoms with Crippen LogP contribution in [0.4, 0.5) is 0 Å². The van der Waals surface area contributed by atoms with Crippen LogP contribution in [-0.4, -0.2) is 23.4 Å². The summed E-state index contributed by atoms with van der Waals surface area (Å²) >= 11 is 1.64. The van der Waals surface area contributed by atoms with Crippen LogP contribution < -0.4 is 5.73 Å². The van der Waals surface area contributed by atoms with Gasteiger partial charge in [-0.3, -0.25) is 4.79 Å². The van der Waals surface area contributed by atoms with Crippen molar-refractivity contribution in [3.63, 3.8) is 0 Å². The Bertz CT molecular complexity index is 373. The highest BCUT2D eigenvalue weighted by molar-refractivity contribution is 7.98. The van der Waals surface area contributed by atoms with Crippen molar-refractivity contribution in [1.29, 1.82) is 0 Å². The van der Waals surface area contributed by atoms with Crippen molar-refractivity contribution in [2.75, 3.05) is 5.75 Å². The van der Waals surface area contributed by atoms with Gasteiger partial charge < -0.3 is 10.5 Å². The maximum absolute atomic E-state index is 11.6. The third kappa shape index (κ3) is 6.07. The van der Waals surface area contributed by atoms with E-state index < -0.39 is 11.6 Å². The number of thioether (sulfide) groups is 1. The molecule has 1 aromatic rings. The van der Waals surface area contributed by atoms with Crippen LogP contribution >= 0.6 is 11.8 Å². The van der Waals surface area contributed by atoms with Crippen molar-refractivity contribution in [1.82, 2.24) is 0 Å². The summed E-state index contributed by atoms with van der Waals surface area (Å²) in [6.07, 6.45) is 0. The highest BCUT2D eigenvalue weighted by Gasteiger charge is 2.21. The van der Waals surface area contributed by atoms with Gasteiger partial charge in [-0.15, -0.1) is 0 Å². The fraction of sp³-hybridized carbons (Fsp3) is 0.500. The summed E-state index contributed by atoms with van der Waals surface area (Å²) in [6.45, 7) is 5.53. The van der Waals surface area contributed by atoms with Gasteiger partial charge in [0.2, 0.25) is 0 Å². The lowest BCUT2D eigenvalue weighted by Gasteiger charge is -2.22. The molecule has 0 radical (unpaired) electrons. The van der Waals surface area contributed by atoms with Gasteiger partial charge in [0.05, 0.1) is 0 Å². The van der Waals surface area contributed by atoms with Crippen LogP contribution in [0.3, 0.4) is 0 Å². The smallest absolute Gasteiger partial charge is 0.324 e. The second kappa shape index (κ2) is 6.81. The number of hydrogen-bond donors (Lipinski definition) is 1. The molecule has 0 saturated heterocycles. The van der Waals surface area contributed by atoms with Gasteiger partial charge in [0, 0.05) is 11.5 Å². The van der Waals surface area contributed by atoms with Crippen molar-refractivity contribution < 1.29 is 9.53 Å². The van der Waals surface area contributed by atoms with E-state index in [0.717, 1.165) is 5.75 Å². The Labute approximate surface area is 113 Å². The number of benzene rings is 1. The fourth-order valence-corrected chi connectivity index (χ4v) is 2.26. The summed E-state index contributed by atoms with van der Waals surface area (Å²) in [5.41, 5.74) is 6.55. The van der Waals surface area contributed by atoms with E-state index in [-0.39, 0.29) is 5.97 Å². The van der Waals surface area contributed by atoms with Crippen LogP contribution in [-0.2, 0) is 15.3 Å². The first-order valence-electron chi connectivity index (χ1n) is 5.98. The summed E-state index contributed by atoms with van der Waals surface area (Å²) in [5, 5.41) is 0. The maximum Gasteiger partial charge on any atom is 0.324 e. The van der Waals surface area contributed by atoms with Gasteiger partial charge in [-0.05, 0) is 26.3 Å². The standard InChI is InChI=1S/C14H21NO2S/c1-14(2,3)17-13(16)12(15)10-18-9-11-7-5-4-6-8-11/h4-8,12H,9-10,15H2,1-3H3/t12-/m0/s1. The molecule has 0 saturated carbocycles. The summed E-state index contributed by atoms with van der Waals surface area (Å²) in [5.74, 6) is 1.10. The highest BCUT2D eigenvalue weighted by Crippen LogP contribution is 2.14. The average Bonchev–Trinajstić information content (AvgIpc) is 2.28. The third-order valence-corrected chi connectivity index (χ3v) is 3.25. The fourth-order valence-electron chi connectivity index (χ4n) is 1.32. The molecule has 0 spiro atoms. The Morgan fingerprint density at radius 1 is 1.33 bits per heavy atom. The van der Waals surface area contributed by atoms with Crippen LogP contribution in [0.5, 0.6) is 0 Å². The minimum atomic E-state index is -0.557. The molecule has 2 N–H and O–H groups in total. The lowest BCUT2D eigenvalue weighted by atomic mass is 10.2. The Morgan fingerprint density at radius 2 is 1.94 bits per heavy atom. The van der Waals surface area contributed by atoms with E-state index in [1.54, 1.807) is 11.8 Å². The van der Waals surface area contributed by atoms with Crippen molar-refractivity contribution in [3.8, 4) is 0 Å². The van der Waals surface area contributed by atoms with Gasteiger partial charge in [-0.2, -0.15) is 11.8 Å². The predicted octanol–water partition coefficient (Wildman–Crippen LogP) is 2.59. The molecule has 4 heteroatoms. The Kier molecular flexibility index (Phi) is 5.69. The number of rotatable bonds is 5. The molecule has 1 rings (SSSR count). The summed E-state index contributed by atoms with van der Waals surface area (Å²) in [6, 6.07) is 9.56. The lowest BCUT2D eigenvalue weighted by molar-refractivity contribution is -0.155. The zero-order valence-corrected chi connectivity index (χ0v) is 12.0. The van der Waals surface area contributed by atoms with Crippen LogP contribution in [0.15, 0.2) is 30.3 Å². The normalized spacial score (nSPS) is 13.1. The highest BCUT2D eigenvalue weighted by atomic mass is 32.2. The molecule has 0 aliphatic heterocycles. The zero-order chi connectivity index (χ0) is 13.6. The zero-order valence-electron chi connectivity index (χ0n) is 11.2. The predicted molar refractivity (Wildman–Crippen MR) is 76.4 cm³/mol. The topological polar surface area (TPSA) is 52.3 Å². The van der Waals surface area contributed by atoms with Gasteiger partial charge in [-0.1, -0.05) is 30.3 Å². The number of hydrogen-bond acceptors (Lipinski definition) is 4. The second-order valence-electron chi connectivity index (χ2n) is 5.14. The van der Waals surface area contributed by atoms with Gasteiger partial charge in [-0.25, -0.2) is 0 Å². The molecule has 0 fully saturated rings. The van der Waals surface area contributed by atoms with Gasteiger partial charge in [0.1, 0.15) is 11.6 Å². The summed E-state index contributed by atoms with van der Waals surface area (Å²) < 4.78 is 5.22. The van der Waals surface area contributed by atoms with Crippen LogP contribution in [0, 0.1) is 0 Å². The minimum Gasteiger partial charge on any atom is -0.459 e. The van der Waals surface area contributed by atoms with Gasteiger partial charge in [0.25, 0.3) is 0 Å². The van der Waals surface area contributed by atoms with Crippen molar-refractivity contribution >= 4 is 17.7 Å². The SMILES string of the molecule is CC(C)(C)OC(=O)[C@@H](N)CSCc1ccccc1. The maximum atomic E-state index is 11.6. The van der Waals surface area contributed by atoms with Gasteiger partial charge >= 0.3 is 5.97 Å². The molecular formula is C14H21NO2S. The molecule has 18 heavy (non-hydrogen) atoms. The van der Waals surface area contributed by atoms with Crippen molar-refractivity contribution in [2.45, 2.75) is 38.2 Å². The van der Waals surface area contributed by atoms with E-state index in [0.29, 0.717) is 5.75 Å². The van der Waals surface area contributed by atoms with Crippen LogP contribution in [0.2, 0.25) is 0 Å². The minimum absolute atomic E-state index is 0.330. The number of esters is 1. The molecule has 0 bridgehead atoms. The lowest BCUT2D eigenvalue weighted by Crippen LogP contribution is -2.39. The second-order valence-corrected chi connectivity index (χ2v) is 6.17. The molecule has 0 aliphatic carbocycles. The largest absolute Gasteiger partial charge is 0.459 e.